The van der Waals surface area contributed by atoms with E-state index in [1.54, 1.807) is 6.92 Å². The van der Waals surface area contributed by atoms with Crippen LogP contribution in [0.25, 0.3) is 5.69 Å². The van der Waals surface area contributed by atoms with Crippen LogP contribution in [-0.4, -0.2) is 33.1 Å². The number of halogens is 6. The summed E-state index contributed by atoms with van der Waals surface area (Å²) in [6, 6.07) is 1.55. The Morgan fingerprint density at radius 2 is 1.57 bits per heavy atom. The van der Waals surface area contributed by atoms with Crippen molar-refractivity contribution in [1.29, 1.82) is 0 Å². The van der Waals surface area contributed by atoms with Crippen LogP contribution in [0.2, 0.25) is 0 Å². The maximum Gasteiger partial charge on any atom is 0.416 e. The number of carbonyl (C=O) groups is 1. The standard InChI is InChI=1S/C16H13F6NO4S/c1-2-27-13(25)7-28-11-6-12(24)23(14(11)26)10-4-8(15(17,18)19)3-9(5-10)16(20,21)22/h3-6,24,26H,2,7H2,1H3. The smallest absolute Gasteiger partial charge is 0.416 e. The number of ether oxygens (including phenoxy) is 1. The topological polar surface area (TPSA) is 71.7 Å². The van der Waals surface area contributed by atoms with Gasteiger partial charge < -0.3 is 14.9 Å². The molecule has 0 aliphatic carbocycles. The number of hydrogen-bond donors (Lipinski definition) is 2. The number of aromatic nitrogens is 1. The van der Waals surface area contributed by atoms with E-state index >= 15 is 0 Å². The third-order valence-electron chi connectivity index (χ3n) is 3.40. The molecule has 2 rings (SSSR count). The fourth-order valence-electron chi connectivity index (χ4n) is 2.23. The number of carbonyl (C=O) groups excluding carboxylic acids is 1. The van der Waals surface area contributed by atoms with Crippen LogP contribution in [0.15, 0.2) is 29.2 Å². The second kappa shape index (κ2) is 7.86. The van der Waals surface area contributed by atoms with Crippen LogP contribution < -0.4 is 0 Å². The average Bonchev–Trinajstić information content (AvgIpc) is 2.85. The fraction of sp³-hybridized carbons (Fsp3) is 0.312. The average molecular weight is 429 g/mol. The Labute approximate surface area is 158 Å². The third kappa shape index (κ3) is 4.86. The number of benzene rings is 1. The molecule has 0 saturated carbocycles. The highest BCUT2D eigenvalue weighted by Gasteiger charge is 2.37. The van der Waals surface area contributed by atoms with E-state index in [1.165, 1.54) is 0 Å². The summed E-state index contributed by atoms with van der Waals surface area (Å²) in [5.41, 5.74) is -3.96. The molecule has 2 aromatic rings. The molecule has 154 valence electrons. The molecule has 0 spiro atoms. The molecule has 5 nitrogen and oxygen atoms in total. The number of nitrogens with zero attached hydrogens (tertiary/aromatic N) is 1. The summed E-state index contributed by atoms with van der Waals surface area (Å²) in [4.78, 5) is 11.2. The van der Waals surface area contributed by atoms with E-state index < -0.39 is 46.9 Å². The highest BCUT2D eigenvalue weighted by atomic mass is 32.2. The van der Waals surface area contributed by atoms with Gasteiger partial charge in [-0.15, -0.1) is 11.8 Å². The Bertz CT molecular complexity index is 843. The second-order valence-electron chi connectivity index (χ2n) is 5.38. The first kappa shape index (κ1) is 21.8. The van der Waals surface area contributed by atoms with Gasteiger partial charge in [0.05, 0.1) is 34.1 Å². The minimum atomic E-state index is -5.09. The molecule has 28 heavy (non-hydrogen) atoms. The first-order valence-electron chi connectivity index (χ1n) is 7.56. The first-order valence-corrected chi connectivity index (χ1v) is 8.55. The molecule has 0 atom stereocenters. The zero-order valence-electron chi connectivity index (χ0n) is 14.1. The normalized spacial score (nSPS) is 12.2. The molecular weight excluding hydrogens is 416 g/mol. The number of aromatic hydroxyl groups is 2. The molecule has 0 amide bonds. The van der Waals surface area contributed by atoms with Gasteiger partial charge in [-0.05, 0) is 25.1 Å². The van der Waals surface area contributed by atoms with E-state index in [0.29, 0.717) is 28.5 Å². The largest absolute Gasteiger partial charge is 0.494 e. The van der Waals surface area contributed by atoms with E-state index in [0.717, 1.165) is 6.07 Å². The van der Waals surface area contributed by atoms with E-state index in [4.69, 9.17) is 0 Å². The SMILES string of the molecule is CCOC(=O)CSc1cc(O)n(-c2cc(C(F)(F)F)cc(C(F)(F)F)c2)c1O. The highest BCUT2D eigenvalue weighted by Crippen LogP contribution is 2.42. The number of thioether (sulfide) groups is 1. The lowest BCUT2D eigenvalue weighted by molar-refractivity contribution is -0.143. The summed E-state index contributed by atoms with van der Waals surface area (Å²) in [6.07, 6.45) is -10.2. The maximum atomic E-state index is 13.0. The molecule has 12 heteroatoms. The molecule has 0 aliphatic heterocycles. The number of rotatable bonds is 5. The quantitative estimate of drug-likeness (QED) is 0.414. The van der Waals surface area contributed by atoms with Crippen molar-refractivity contribution in [2.75, 3.05) is 12.4 Å². The van der Waals surface area contributed by atoms with Gasteiger partial charge in [0, 0.05) is 6.07 Å². The van der Waals surface area contributed by atoms with Gasteiger partial charge in [0.2, 0.25) is 5.88 Å². The van der Waals surface area contributed by atoms with Gasteiger partial charge in [0.15, 0.2) is 5.88 Å². The molecular formula is C16H13F6NO4S. The van der Waals surface area contributed by atoms with Gasteiger partial charge in [0.25, 0.3) is 0 Å². The van der Waals surface area contributed by atoms with Gasteiger partial charge in [-0.25, -0.2) is 0 Å². The summed E-state index contributed by atoms with van der Waals surface area (Å²) in [5.74, 6) is -2.57. The Morgan fingerprint density at radius 1 is 1.04 bits per heavy atom. The van der Waals surface area contributed by atoms with Crippen molar-refractivity contribution in [2.24, 2.45) is 0 Å². The van der Waals surface area contributed by atoms with Crippen LogP contribution in [0, 0.1) is 0 Å². The minimum absolute atomic E-state index is 0.0719. The summed E-state index contributed by atoms with van der Waals surface area (Å²) < 4.78 is 83.0. The number of hydrogen-bond acceptors (Lipinski definition) is 5. The summed E-state index contributed by atoms with van der Waals surface area (Å²) in [5, 5.41) is 20.1. The van der Waals surface area contributed by atoms with Crippen molar-refractivity contribution >= 4 is 17.7 Å². The zero-order chi connectivity index (χ0) is 21.3. The maximum absolute atomic E-state index is 13.0. The molecule has 2 N–H and O–H groups in total. The lowest BCUT2D eigenvalue weighted by Gasteiger charge is -2.15. The predicted molar refractivity (Wildman–Crippen MR) is 86.5 cm³/mol. The van der Waals surface area contributed by atoms with Gasteiger partial charge in [-0.2, -0.15) is 26.3 Å². The molecule has 0 bridgehead atoms. The summed E-state index contributed by atoms with van der Waals surface area (Å²) in [6.45, 7) is 1.66. The molecule has 1 aromatic carbocycles. The summed E-state index contributed by atoms with van der Waals surface area (Å²) >= 11 is 0.694. The Morgan fingerprint density at radius 3 is 2.04 bits per heavy atom. The van der Waals surface area contributed by atoms with E-state index in [2.05, 4.69) is 4.74 Å². The van der Waals surface area contributed by atoms with Crippen LogP contribution >= 0.6 is 11.8 Å². The lowest BCUT2D eigenvalue weighted by Crippen LogP contribution is -2.12. The van der Waals surface area contributed by atoms with Crippen LogP contribution in [-0.2, 0) is 21.9 Å². The second-order valence-corrected chi connectivity index (χ2v) is 6.40. The van der Waals surface area contributed by atoms with E-state index in [1.807, 2.05) is 0 Å². The molecule has 1 heterocycles. The monoisotopic (exact) mass is 429 g/mol. The molecule has 0 saturated heterocycles. The van der Waals surface area contributed by atoms with Gasteiger partial charge in [-0.1, -0.05) is 0 Å². The zero-order valence-corrected chi connectivity index (χ0v) is 14.9. The van der Waals surface area contributed by atoms with Crippen molar-refractivity contribution < 1.29 is 46.1 Å². The van der Waals surface area contributed by atoms with E-state index in [9.17, 15) is 41.4 Å². The lowest BCUT2D eigenvalue weighted by atomic mass is 10.1. The minimum Gasteiger partial charge on any atom is -0.494 e. The third-order valence-corrected chi connectivity index (χ3v) is 4.39. The van der Waals surface area contributed by atoms with Crippen LogP contribution in [0.4, 0.5) is 26.3 Å². The van der Waals surface area contributed by atoms with Crippen LogP contribution in [0.3, 0.4) is 0 Å². The van der Waals surface area contributed by atoms with Crippen molar-refractivity contribution in [3.05, 3.63) is 35.4 Å². The van der Waals surface area contributed by atoms with Crippen molar-refractivity contribution in [3.8, 4) is 17.4 Å². The molecule has 0 unspecified atom stereocenters. The Balaban J connectivity index is 2.51. The number of esters is 1. The molecule has 0 aliphatic rings. The Hall–Kier alpha value is -2.50. The van der Waals surface area contributed by atoms with Gasteiger partial charge in [0.1, 0.15) is 0 Å². The van der Waals surface area contributed by atoms with Crippen molar-refractivity contribution in [2.45, 2.75) is 24.2 Å². The fourth-order valence-corrected chi connectivity index (χ4v) is 3.00. The highest BCUT2D eigenvalue weighted by molar-refractivity contribution is 8.00. The summed E-state index contributed by atoms with van der Waals surface area (Å²) in [7, 11) is 0. The van der Waals surface area contributed by atoms with Crippen LogP contribution in [0.1, 0.15) is 18.1 Å². The van der Waals surface area contributed by atoms with Gasteiger partial charge in [-0.3, -0.25) is 9.36 Å². The number of alkyl halides is 6. The van der Waals surface area contributed by atoms with Crippen LogP contribution in [0.5, 0.6) is 11.8 Å². The van der Waals surface area contributed by atoms with Gasteiger partial charge >= 0.3 is 18.3 Å². The molecule has 0 fully saturated rings. The predicted octanol–water partition coefficient (Wildman–Crippen LogP) is 4.58. The van der Waals surface area contributed by atoms with E-state index in [-0.39, 0.29) is 23.3 Å². The first-order chi connectivity index (χ1) is 12.8. The van der Waals surface area contributed by atoms with Crippen molar-refractivity contribution in [1.82, 2.24) is 4.57 Å². The molecule has 0 radical (unpaired) electrons. The van der Waals surface area contributed by atoms with Crippen molar-refractivity contribution in [3.63, 3.8) is 0 Å². The molecule has 1 aromatic heterocycles. The Kier molecular flexibility index (Phi) is 6.12.